The van der Waals surface area contributed by atoms with E-state index in [2.05, 4.69) is 23.9 Å². The number of halogens is 1. The molecule has 1 aromatic carbocycles. The summed E-state index contributed by atoms with van der Waals surface area (Å²) in [6, 6.07) is 7.18. The maximum absolute atomic E-state index is 12.4. The second-order valence-corrected chi connectivity index (χ2v) is 5.88. The molecule has 0 N–H and O–H groups in total. The summed E-state index contributed by atoms with van der Waals surface area (Å²) in [4.78, 5) is 18.9. The van der Waals surface area contributed by atoms with Gasteiger partial charge in [0, 0.05) is 49.9 Å². The molecule has 0 unspecified atom stereocenters. The van der Waals surface area contributed by atoms with Crippen LogP contribution in [-0.4, -0.2) is 74.0 Å². The van der Waals surface area contributed by atoms with Crippen LogP contribution in [0.3, 0.4) is 0 Å². The molecule has 5 heteroatoms. The molecule has 0 radical (unpaired) electrons. The van der Waals surface area contributed by atoms with Crippen molar-refractivity contribution in [2.24, 2.45) is 0 Å². The molecule has 1 fully saturated rings. The van der Waals surface area contributed by atoms with Gasteiger partial charge in [-0.3, -0.25) is 9.69 Å². The van der Waals surface area contributed by atoms with Crippen LogP contribution in [0.4, 0.5) is 0 Å². The molecule has 1 heterocycles. The molecule has 1 amide bonds. The largest absolute Gasteiger partial charge is 0.336 e. The van der Waals surface area contributed by atoms with E-state index >= 15 is 0 Å². The maximum atomic E-state index is 12.4. The third-order valence-electron chi connectivity index (χ3n) is 3.59. The molecule has 0 atom stereocenters. The Morgan fingerprint density at radius 3 is 2.55 bits per heavy atom. The van der Waals surface area contributed by atoms with Gasteiger partial charge >= 0.3 is 0 Å². The number of hydrogen-bond acceptors (Lipinski definition) is 3. The molecule has 110 valence electrons. The number of rotatable bonds is 4. The van der Waals surface area contributed by atoms with Gasteiger partial charge in [-0.2, -0.15) is 0 Å². The number of hydrogen-bond donors (Lipinski definition) is 0. The lowest BCUT2D eigenvalue weighted by atomic mass is 10.2. The number of piperazine rings is 1. The van der Waals surface area contributed by atoms with Crippen molar-refractivity contribution >= 4 is 17.5 Å². The Labute approximate surface area is 125 Å². The Kier molecular flexibility index (Phi) is 5.40. The minimum Gasteiger partial charge on any atom is -0.336 e. The highest BCUT2D eigenvalue weighted by Crippen LogP contribution is 2.14. The van der Waals surface area contributed by atoms with E-state index < -0.39 is 0 Å². The normalized spacial score (nSPS) is 16.7. The van der Waals surface area contributed by atoms with Crippen molar-refractivity contribution in [1.29, 1.82) is 0 Å². The van der Waals surface area contributed by atoms with Crippen LogP contribution in [-0.2, 0) is 0 Å². The summed E-state index contributed by atoms with van der Waals surface area (Å²) in [5.74, 6) is 0.0831. The molecule has 1 aromatic rings. The van der Waals surface area contributed by atoms with Crippen molar-refractivity contribution in [3.05, 3.63) is 34.9 Å². The van der Waals surface area contributed by atoms with E-state index in [1.54, 1.807) is 12.1 Å². The van der Waals surface area contributed by atoms with Gasteiger partial charge in [-0.05, 0) is 32.3 Å². The quantitative estimate of drug-likeness (QED) is 0.845. The number of amides is 1. The molecule has 0 saturated carbocycles. The highest BCUT2D eigenvalue weighted by atomic mass is 35.5. The van der Waals surface area contributed by atoms with E-state index in [0.29, 0.717) is 10.6 Å². The van der Waals surface area contributed by atoms with Gasteiger partial charge in [0.1, 0.15) is 0 Å². The Morgan fingerprint density at radius 1 is 1.25 bits per heavy atom. The maximum Gasteiger partial charge on any atom is 0.253 e. The second kappa shape index (κ2) is 7.07. The lowest BCUT2D eigenvalue weighted by molar-refractivity contribution is 0.0630. The van der Waals surface area contributed by atoms with Crippen molar-refractivity contribution in [3.8, 4) is 0 Å². The van der Waals surface area contributed by atoms with Gasteiger partial charge in [0.05, 0.1) is 0 Å². The molecule has 0 aromatic heterocycles. The van der Waals surface area contributed by atoms with Crippen molar-refractivity contribution < 1.29 is 4.79 Å². The number of likely N-dealkylation sites (N-methyl/N-ethyl adjacent to an activating group) is 1. The highest BCUT2D eigenvalue weighted by molar-refractivity contribution is 6.30. The molecule has 1 aliphatic heterocycles. The first kappa shape index (κ1) is 15.3. The van der Waals surface area contributed by atoms with Crippen LogP contribution in [0.1, 0.15) is 10.4 Å². The zero-order valence-corrected chi connectivity index (χ0v) is 12.9. The average molecular weight is 296 g/mol. The second-order valence-electron chi connectivity index (χ2n) is 5.45. The van der Waals surface area contributed by atoms with Crippen LogP contribution < -0.4 is 0 Å². The lowest BCUT2D eigenvalue weighted by Crippen LogP contribution is -2.49. The Hall–Kier alpha value is -1.10. The SMILES string of the molecule is CN(C)CCN1CCN(C(=O)c2cccc(Cl)c2)CC1. The third kappa shape index (κ3) is 4.20. The molecule has 1 aliphatic rings. The van der Waals surface area contributed by atoms with Crippen LogP contribution in [0, 0.1) is 0 Å². The minimum atomic E-state index is 0.0831. The summed E-state index contributed by atoms with van der Waals surface area (Å²) >= 11 is 5.94. The standard InChI is InChI=1S/C15H22ClN3O/c1-17(2)6-7-18-8-10-19(11-9-18)15(20)13-4-3-5-14(16)12-13/h3-5,12H,6-11H2,1-2H3. The Balaban J connectivity index is 1.86. The molecular weight excluding hydrogens is 274 g/mol. The summed E-state index contributed by atoms with van der Waals surface area (Å²) in [7, 11) is 4.16. The van der Waals surface area contributed by atoms with Crippen LogP contribution in [0.15, 0.2) is 24.3 Å². The molecule has 1 saturated heterocycles. The zero-order chi connectivity index (χ0) is 14.5. The predicted molar refractivity (Wildman–Crippen MR) is 82.3 cm³/mol. The summed E-state index contributed by atoms with van der Waals surface area (Å²) in [6.45, 7) is 5.59. The summed E-state index contributed by atoms with van der Waals surface area (Å²) in [5.41, 5.74) is 0.680. The van der Waals surface area contributed by atoms with E-state index in [0.717, 1.165) is 39.3 Å². The van der Waals surface area contributed by atoms with E-state index in [9.17, 15) is 4.79 Å². The van der Waals surface area contributed by atoms with Gasteiger partial charge in [-0.1, -0.05) is 17.7 Å². The van der Waals surface area contributed by atoms with Crippen molar-refractivity contribution in [3.63, 3.8) is 0 Å². The minimum absolute atomic E-state index is 0.0831. The monoisotopic (exact) mass is 295 g/mol. The van der Waals surface area contributed by atoms with Gasteiger partial charge < -0.3 is 9.80 Å². The van der Waals surface area contributed by atoms with Crippen molar-refractivity contribution in [2.45, 2.75) is 0 Å². The molecule has 20 heavy (non-hydrogen) atoms. The zero-order valence-electron chi connectivity index (χ0n) is 12.2. The van der Waals surface area contributed by atoms with Gasteiger partial charge in [0.25, 0.3) is 5.91 Å². The predicted octanol–water partition coefficient (Wildman–Crippen LogP) is 1.66. The molecule has 0 spiro atoms. The number of carbonyl (C=O) groups excluding carboxylic acids is 1. The molecule has 4 nitrogen and oxygen atoms in total. The fourth-order valence-electron chi connectivity index (χ4n) is 2.32. The first-order chi connectivity index (χ1) is 9.56. The summed E-state index contributed by atoms with van der Waals surface area (Å²) < 4.78 is 0. The Morgan fingerprint density at radius 2 is 1.95 bits per heavy atom. The van der Waals surface area contributed by atoms with E-state index in [-0.39, 0.29) is 5.91 Å². The van der Waals surface area contributed by atoms with Gasteiger partial charge in [-0.25, -0.2) is 0 Å². The first-order valence-corrected chi connectivity index (χ1v) is 7.36. The van der Waals surface area contributed by atoms with Gasteiger partial charge in [0.15, 0.2) is 0 Å². The van der Waals surface area contributed by atoms with Crippen molar-refractivity contribution in [1.82, 2.24) is 14.7 Å². The summed E-state index contributed by atoms with van der Waals surface area (Å²) in [5, 5.41) is 0.612. The number of carbonyl (C=O) groups is 1. The topological polar surface area (TPSA) is 26.8 Å². The number of benzene rings is 1. The number of nitrogens with zero attached hydrogens (tertiary/aromatic N) is 3. The van der Waals surface area contributed by atoms with E-state index in [4.69, 9.17) is 11.6 Å². The van der Waals surface area contributed by atoms with Crippen LogP contribution >= 0.6 is 11.6 Å². The first-order valence-electron chi connectivity index (χ1n) is 6.98. The lowest BCUT2D eigenvalue weighted by Gasteiger charge is -2.35. The molecule has 0 bridgehead atoms. The molecule has 2 rings (SSSR count). The fourth-order valence-corrected chi connectivity index (χ4v) is 2.51. The Bertz CT molecular complexity index is 456. The third-order valence-corrected chi connectivity index (χ3v) is 3.83. The van der Waals surface area contributed by atoms with Crippen LogP contribution in [0.25, 0.3) is 0 Å². The van der Waals surface area contributed by atoms with Crippen molar-refractivity contribution in [2.75, 3.05) is 53.4 Å². The molecule has 0 aliphatic carbocycles. The van der Waals surface area contributed by atoms with E-state index in [1.807, 2.05) is 17.0 Å². The van der Waals surface area contributed by atoms with Gasteiger partial charge in [0.2, 0.25) is 0 Å². The van der Waals surface area contributed by atoms with Crippen LogP contribution in [0.5, 0.6) is 0 Å². The fraction of sp³-hybridized carbons (Fsp3) is 0.533. The smallest absolute Gasteiger partial charge is 0.253 e. The van der Waals surface area contributed by atoms with Gasteiger partial charge in [-0.15, -0.1) is 0 Å². The van der Waals surface area contributed by atoms with Crippen LogP contribution in [0.2, 0.25) is 5.02 Å². The summed E-state index contributed by atoms with van der Waals surface area (Å²) in [6.07, 6.45) is 0. The van der Waals surface area contributed by atoms with E-state index in [1.165, 1.54) is 0 Å². The highest BCUT2D eigenvalue weighted by Gasteiger charge is 2.21. The molecular formula is C15H22ClN3O. The average Bonchev–Trinajstić information content (AvgIpc) is 2.45.